The number of fused-ring (bicyclic) bond motifs is 1. The fourth-order valence-electron chi connectivity index (χ4n) is 2.94. The Labute approximate surface area is 131 Å². The lowest BCUT2D eigenvalue weighted by molar-refractivity contribution is 0.319. The predicted molar refractivity (Wildman–Crippen MR) is 89.9 cm³/mol. The molecule has 0 bridgehead atoms. The number of rotatable bonds is 4. The van der Waals surface area contributed by atoms with Crippen LogP contribution in [0.5, 0.6) is 0 Å². The predicted octanol–water partition coefficient (Wildman–Crippen LogP) is 4.33. The molecule has 0 radical (unpaired) electrons. The number of nitrogens with one attached hydrogen (secondary N) is 1. The number of halogens is 1. The molecule has 0 spiro atoms. The van der Waals surface area contributed by atoms with Crippen molar-refractivity contribution in [3.05, 3.63) is 64.2 Å². The van der Waals surface area contributed by atoms with Crippen LogP contribution in [0.2, 0.25) is 5.02 Å². The van der Waals surface area contributed by atoms with Crippen LogP contribution in [-0.2, 0) is 19.5 Å². The smallest absolute Gasteiger partial charge is 0.0409 e. The first-order chi connectivity index (χ1) is 10.2. The summed E-state index contributed by atoms with van der Waals surface area (Å²) in [6.45, 7) is 2.97. The average molecular weight is 301 g/mol. The monoisotopic (exact) mass is 300 g/mol. The van der Waals surface area contributed by atoms with Crippen LogP contribution >= 0.6 is 11.6 Å². The molecule has 0 saturated heterocycles. The van der Waals surface area contributed by atoms with Gasteiger partial charge in [0.1, 0.15) is 0 Å². The Morgan fingerprint density at radius 3 is 2.71 bits per heavy atom. The van der Waals surface area contributed by atoms with Gasteiger partial charge in [-0.1, -0.05) is 35.9 Å². The second kappa shape index (κ2) is 6.50. The molecule has 0 fully saturated rings. The van der Waals surface area contributed by atoms with E-state index in [9.17, 15) is 0 Å². The van der Waals surface area contributed by atoms with Gasteiger partial charge >= 0.3 is 0 Å². The zero-order valence-electron chi connectivity index (χ0n) is 12.4. The van der Waals surface area contributed by atoms with Crippen molar-refractivity contribution in [1.29, 1.82) is 0 Å². The van der Waals surface area contributed by atoms with Crippen molar-refractivity contribution in [1.82, 2.24) is 4.90 Å². The van der Waals surface area contributed by atoms with E-state index < -0.39 is 0 Å². The lowest BCUT2D eigenvalue weighted by atomic mass is 10.0. The number of nitrogens with zero attached hydrogens (tertiary/aromatic N) is 1. The molecule has 0 unspecified atom stereocenters. The molecule has 110 valence electrons. The molecule has 0 amide bonds. The topological polar surface area (TPSA) is 15.3 Å². The summed E-state index contributed by atoms with van der Waals surface area (Å²) in [5, 5.41) is 4.27. The van der Waals surface area contributed by atoms with Crippen molar-refractivity contribution in [3.63, 3.8) is 0 Å². The van der Waals surface area contributed by atoms with E-state index >= 15 is 0 Å². The van der Waals surface area contributed by atoms with Gasteiger partial charge in [-0.05, 0) is 54.8 Å². The molecular formula is C18H21ClN2. The van der Waals surface area contributed by atoms with E-state index in [1.165, 1.54) is 35.2 Å². The Morgan fingerprint density at radius 2 is 1.90 bits per heavy atom. The van der Waals surface area contributed by atoms with Crippen molar-refractivity contribution < 1.29 is 0 Å². The third kappa shape index (κ3) is 3.78. The first-order valence-corrected chi connectivity index (χ1v) is 7.87. The highest BCUT2D eigenvalue weighted by molar-refractivity contribution is 6.30. The zero-order valence-corrected chi connectivity index (χ0v) is 13.2. The summed E-state index contributed by atoms with van der Waals surface area (Å²) in [7, 11) is 2.15. The molecule has 2 nitrogen and oxygen atoms in total. The van der Waals surface area contributed by atoms with E-state index in [-0.39, 0.29) is 0 Å². The van der Waals surface area contributed by atoms with E-state index in [2.05, 4.69) is 41.5 Å². The van der Waals surface area contributed by atoms with Gasteiger partial charge in [0.2, 0.25) is 0 Å². The molecular weight excluding hydrogens is 280 g/mol. The van der Waals surface area contributed by atoms with E-state index in [4.69, 9.17) is 11.6 Å². The van der Waals surface area contributed by atoms with Crippen LogP contribution in [0.4, 0.5) is 5.69 Å². The maximum absolute atomic E-state index is 6.04. The molecule has 0 aliphatic carbocycles. The lowest BCUT2D eigenvalue weighted by Crippen LogP contribution is -2.18. The highest BCUT2D eigenvalue weighted by Gasteiger charge is 2.10. The van der Waals surface area contributed by atoms with Gasteiger partial charge in [0.15, 0.2) is 0 Å². The SMILES string of the molecule is CN(Cc1cccc(Cl)c1)Cc1ccc2c(c1)CCCN2. The number of hydrogen-bond donors (Lipinski definition) is 1. The maximum Gasteiger partial charge on any atom is 0.0409 e. The second-order valence-electron chi connectivity index (χ2n) is 5.82. The number of benzene rings is 2. The van der Waals surface area contributed by atoms with Crippen molar-refractivity contribution in [2.24, 2.45) is 0 Å². The number of anilines is 1. The standard InChI is InChI=1S/C18H21ClN2/c1-21(12-14-4-2-6-17(19)11-14)13-15-7-8-18-16(10-15)5-3-9-20-18/h2,4,6-8,10-11,20H,3,5,9,12-13H2,1H3. The van der Waals surface area contributed by atoms with E-state index in [1.54, 1.807) is 0 Å². The minimum Gasteiger partial charge on any atom is -0.385 e. The molecule has 21 heavy (non-hydrogen) atoms. The fourth-order valence-corrected chi connectivity index (χ4v) is 3.15. The van der Waals surface area contributed by atoms with Gasteiger partial charge in [0.25, 0.3) is 0 Å². The molecule has 0 saturated carbocycles. The normalized spacial score (nSPS) is 13.9. The van der Waals surface area contributed by atoms with Gasteiger partial charge in [-0.2, -0.15) is 0 Å². The van der Waals surface area contributed by atoms with Crippen LogP contribution in [0.25, 0.3) is 0 Å². The summed E-state index contributed by atoms with van der Waals surface area (Å²) in [6.07, 6.45) is 2.42. The minimum atomic E-state index is 0.806. The zero-order chi connectivity index (χ0) is 14.7. The largest absolute Gasteiger partial charge is 0.385 e. The Morgan fingerprint density at radius 1 is 1.10 bits per heavy atom. The maximum atomic E-state index is 6.04. The fraction of sp³-hybridized carbons (Fsp3) is 0.333. The average Bonchev–Trinajstić information content (AvgIpc) is 2.47. The van der Waals surface area contributed by atoms with Gasteiger partial charge in [-0.25, -0.2) is 0 Å². The molecule has 0 atom stereocenters. The molecule has 1 heterocycles. The molecule has 1 aliphatic heterocycles. The van der Waals surface area contributed by atoms with Gasteiger partial charge in [0, 0.05) is 30.3 Å². The van der Waals surface area contributed by atoms with Crippen LogP contribution in [0.3, 0.4) is 0 Å². The Balaban J connectivity index is 1.65. The van der Waals surface area contributed by atoms with Gasteiger partial charge in [-0.15, -0.1) is 0 Å². The van der Waals surface area contributed by atoms with Crippen molar-refractivity contribution >= 4 is 17.3 Å². The summed E-state index contributed by atoms with van der Waals surface area (Å²) in [5.41, 5.74) is 5.39. The summed E-state index contributed by atoms with van der Waals surface area (Å²) in [5.74, 6) is 0. The van der Waals surface area contributed by atoms with E-state index in [1.807, 2.05) is 18.2 Å². The summed E-state index contributed by atoms with van der Waals surface area (Å²) < 4.78 is 0. The highest BCUT2D eigenvalue weighted by atomic mass is 35.5. The molecule has 3 rings (SSSR count). The van der Waals surface area contributed by atoms with Crippen molar-refractivity contribution in [2.45, 2.75) is 25.9 Å². The summed E-state index contributed by atoms with van der Waals surface area (Å²) in [6, 6.07) is 14.9. The lowest BCUT2D eigenvalue weighted by Gasteiger charge is -2.21. The van der Waals surface area contributed by atoms with Gasteiger partial charge in [0.05, 0.1) is 0 Å². The summed E-state index contributed by atoms with van der Waals surface area (Å²) in [4.78, 5) is 2.32. The molecule has 1 N–H and O–H groups in total. The highest BCUT2D eigenvalue weighted by Crippen LogP contribution is 2.23. The van der Waals surface area contributed by atoms with E-state index in [0.29, 0.717) is 0 Å². The van der Waals surface area contributed by atoms with Gasteiger partial charge < -0.3 is 5.32 Å². The van der Waals surface area contributed by atoms with Crippen LogP contribution in [0.1, 0.15) is 23.1 Å². The Kier molecular flexibility index (Phi) is 4.47. The first kappa shape index (κ1) is 14.4. The number of hydrogen-bond acceptors (Lipinski definition) is 2. The quantitative estimate of drug-likeness (QED) is 0.904. The first-order valence-electron chi connectivity index (χ1n) is 7.49. The van der Waals surface area contributed by atoms with Crippen LogP contribution in [0.15, 0.2) is 42.5 Å². The van der Waals surface area contributed by atoms with Crippen molar-refractivity contribution in [3.8, 4) is 0 Å². The van der Waals surface area contributed by atoms with Crippen LogP contribution in [-0.4, -0.2) is 18.5 Å². The molecule has 1 aliphatic rings. The van der Waals surface area contributed by atoms with E-state index in [0.717, 1.165) is 24.7 Å². The minimum absolute atomic E-state index is 0.806. The Hall–Kier alpha value is -1.51. The second-order valence-corrected chi connectivity index (χ2v) is 6.26. The third-order valence-electron chi connectivity index (χ3n) is 3.90. The van der Waals surface area contributed by atoms with Crippen LogP contribution < -0.4 is 5.32 Å². The Bertz CT molecular complexity index is 624. The molecule has 2 aromatic rings. The third-order valence-corrected chi connectivity index (χ3v) is 4.14. The summed E-state index contributed by atoms with van der Waals surface area (Å²) >= 11 is 6.04. The van der Waals surface area contributed by atoms with Crippen LogP contribution in [0, 0.1) is 0 Å². The molecule has 3 heteroatoms. The molecule has 0 aromatic heterocycles. The van der Waals surface area contributed by atoms with Gasteiger partial charge in [-0.3, -0.25) is 4.90 Å². The molecule has 2 aromatic carbocycles. The number of aryl methyl sites for hydroxylation is 1. The van der Waals surface area contributed by atoms with Crippen molar-refractivity contribution in [2.75, 3.05) is 18.9 Å².